The molecule has 1 atom stereocenters. The summed E-state index contributed by atoms with van der Waals surface area (Å²) in [4.78, 5) is 30.4. The maximum atomic E-state index is 13.9. The molecule has 1 N–H and O–H groups in total. The van der Waals surface area contributed by atoms with Gasteiger partial charge in [-0.1, -0.05) is 49.1 Å². The van der Waals surface area contributed by atoms with E-state index in [1.165, 1.54) is 29.2 Å². The van der Waals surface area contributed by atoms with Gasteiger partial charge in [-0.15, -0.1) is 10.2 Å². The second-order valence-corrected chi connectivity index (χ2v) is 10.4. The zero-order chi connectivity index (χ0) is 28.1. The Hall–Kier alpha value is -4.05. The van der Waals surface area contributed by atoms with Crippen LogP contribution in [0.2, 0.25) is 5.02 Å². The van der Waals surface area contributed by atoms with E-state index in [0.29, 0.717) is 27.7 Å². The van der Waals surface area contributed by atoms with Crippen LogP contribution >= 0.6 is 11.6 Å². The molecule has 5 rings (SSSR count). The van der Waals surface area contributed by atoms with Crippen LogP contribution in [0.5, 0.6) is 0 Å². The van der Waals surface area contributed by atoms with Crippen LogP contribution in [0.4, 0.5) is 4.39 Å². The summed E-state index contributed by atoms with van der Waals surface area (Å²) in [5.41, 5.74) is 1.23. The van der Waals surface area contributed by atoms with Crippen molar-refractivity contribution in [3.05, 3.63) is 88.6 Å². The van der Waals surface area contributed by atoms with E-state index in [9.17, 15) is 14.0 Å². The number of hydrogen-bond donors (Lipinski definition) is 1. The van der Waals surface area contributed by atoms with Gasteiger partial charge in [-0.25, -0.2) is 4.39 Å². The average molecular weight is 565 g/mol. The van der Waals surface area contributed by atoms with Crippen LogP contribution in [0.3, 0.4) is 0 Å². The van der Waals surface area contributed by atoms with Gasteiger partial charge in [0.15, 0.2) is 6.04 Å². The number of aromatic nitrogens is 4. The van der Waals surface area contributed by atoms with Gasteiger partial charge in [-0.05, 0) is 73.0 Å². The van der Waals surface area contributed by atoms with Crippen molar-refractivity contribution in [2.75, 3.05) is 0 Å². The summed E-state index contributed by atoms with van der Waals surface area (Å²) in [6, 6.07) is 15.3. The van der Waals surface area contributed by atoms with Crippen molar-refractivity contribution in [2.45, 2.75) is 64.2 Å². The molecule has 0 spiro atoms. The van der Waals surface area contributed by atoms with Gasteiger partial charge in [0.25, 0.3) is 5.91 Å². The fraction of sp³-hybridized carbons (Fsp3) is 0.345. The number of carbonyl (C=O) groups excluding carboxylic acids is 2. The Labute approximate surface area is 236 Å². The summed E-state index contributed by atoms with van der Waals surface area (Å²) in [6.45, 7) is 1.56. The zero-order valence-corrected chi connectivity index (χ0v) is 22.9. The quantitative estimate of drug-likeness (QED) is 0.297. The van der Waals surface area contributed by atoms with Gasteiger partial charge in [-0.2, -0.15) is 4.80 Å². The number of halogens is 2. The molecule has 0 aliphatic heterocycles. The molecule has 0 unspecified atom stereocenters. The lowest BCUT2D eigenvalue weighted by atomic mass is 9.95. The molecule has 11 heteroatoms. The second-order valence-electron chi connectivity index (χ2n) is 9.96. The van der Waals surface area contributed by atoms with Gasteiger partial charge in [0, 0.05) is 23.2 Å². The van der Waals surface area contributed by atoms with Crippen LogP contribution in [-0.4, -0.2) is 43.0 Å². The Kier molecular flexibility index (Phi) is 8.54. The van der Waals surface area contributed by atoms with Crippen LogP contribution < -0.4 is 5.32 Å². The van der Waals surface area contributed by atoms with E-state index in [-0.39, 0.29) is 36.7 Å². The number of rotatable bonds is 9. The normalized spacial score (nSPS) is 14.6. The highest BCUT2D eigenvalue weighted by Crippen LogP contribution is 2.29. The van der Waals surface area contributed by atoms with Crippen LogP contribution in [0.15, 0.2) is 65.1 Å². The van der Waals surface area contributed by atoms with Crippen molar-refractivity contribution in [3.63, 3.8) is 0 Å². The molecule has 40 heavy (non-hydrogen) atoms. The summed E-state index contributed by atoms with van der Waals surface area (Å²) in [7, 11) is 0. The smallest absolute Gasteiger partial charge is 0.250 e. The first-order valence-corrected chi connectivity index (χ1v) is 13.7. The molecule has 2 aromatic carbocycles. The predicted octanol–water partition coefficient (Wildman–Crippen LogP) is 5.25. The third-order valence-electron chi connectivity index (χ3n) is 6.99. The minimum Gasteiger partial charge on any atom is -0.464 e. The highest BCUT2D eigenvalue weighted by Gasteiger charge is 2.36. The van der Waals surface area contributed by atoms with Gasteiger partial charge >= 0.3 is 0 Å². The van der Waals surface area contributed by atoms with Gasteiger partial charge < -0.3 is 14.6 Å². The maximum absolute atomic E-state index is 13.9. The summed E-state index contributed by atoms with van der Waals surface area (Å²) in [5.74, 6) is 0.0919. The number of carbonyl (C=O) groups is 2. The maximum Gasteiger partial charge on any atom is 0.250 e. The Morgan fingerprint density at radius 2 is 1.85 bits per heavy atom. The van der Waals surface area contributed by atoms with Crippen molar-refractivity contribution >= 4 is 23.4 Å². The van der Waals surface area contributed by atoms with E-state index < -0.39 is 11.9 Å². The molecule has 208 valence electrons. The van der Waals surface area contributed by atoms with Crippen LogP contribution in [-0.2, 0) is 22.7 Å². The molecule has 2 heterocycles. The van der Waals surface area contributed by atoms with E-state index in [4.69, 9.17) is 16.0 Å². The van der Waals surface area contributed by atoms with Gasteiger partial charge in [0.1, 0.15) is 23.9 Å². The standard InChI is InChI=1S/C29H30ClFN6O3/c1-19-11-16-25(40-19)27(29(39)32-23-8-3-2-4-9-23)36(17-21-7-5-6-10-24(21)30)26(38)18-37-34-28(33-35-37)20-12-14-22(31)15-13-20/h5-7,10-16,23,27H,2-4,8-9,17-18H2,1H3,(H,32,39)/t27-/m1/s1. The molecule has 4 aromatic rings. The first kappa shape index (κ1) is 27.5. The lowest BCUT2D eigenvalue weighted by Crippen LogP contribution is -2.47. The van der Waals surface area contributed by atoms with Crippen molar-refractivity contribution in [2.24, 2.45) is 0 Å². The Bertz CT molecular complexity index is 1460. The number of tetrazole rings is 1. The molecule has 9 nitrogen and oxygen atoms in total. The highest BCUT2D eigenvalue weighted by molar-refractivity contribution is 6.31. The Morgan fingerprint density at radius 1 is 1.10 bits per heavy atom. The van der Waals surface area contributed by atoms with E-state index in [0.717, 1.165) is 36.9 Å². The lowest BCUT2D eigenvalue weighted by molar-refractivity contribution is -0.143. The molecule has 2 amide bonds. The largest absolute Gasteiger partial charge is 0.464 e. The number of hydrogen-bond acceptors (Lipinski definition) is 6. The van der Waals surface area contributed by atoms with Gasteiger partial charge in [0.2, 0.25) is 11.7 Å². The molecule has 0 radical (unpaired) electrons. The number of nitrogens with one attached hydrogen (secondary N) is 1. The average Bonchev–Trinajstić information content (AvgIpc) is 3.59. The van der Waals surface area contributed by atoms with Crippen molar-refractivity contribution < 1.29 is 18.4 Å². The van der Waals surface area contributed by atoms with E-state index in [2.05, 4.69) is 20.7 Å². The van der Waals surface area contributed by atoms with E-state index in [1.807, 2.05) is 12.1 Å². The molecule has 1 aliphatic rings. The summed E-state index contributed by atoms with van der Waals surface area (Å²) in [5, 5.41) is 16.0. The minimum atomic E-state index is -1.04. The predicted molar refractivity (Wildman–Crippen MR) is 146 cm³/mol. The third-order valence-corrected chi connectivity index (χ3v) is 7.36. The van der Waals surface area contributed by atoms with Crippen LogP contribution in [0.25, 0.3) is 11.4 Å². The summed E-state index contributed by atoms with van der Waals surface area (Å²) >= 11 is 6.48. The molecule has 1 fully saturated rings. The zero-order valence-electron chi connectivity index (χ0n) is 22.1. The topological polar surface area (TPSA) is 106 Å². The van der Waals surface area contributed by atoms with E-state index in [1.54, 1.807) is 31.2 Å². The van der Waals surface area contributed by atoms with Gasteiger partial charge in [0.05, 0.1) is 0 Å². The minimum absolute atomic E-state index is 0.0346. The van der Waals surface area contributed by atoms with Gasteiger partial charge in [-0.3, -0.25) is 9.59 Å². The molecular formula is C29H30ClFN6O3. The fourth-order valence-electron chi connectivity index (χ4n) is 4.92. The molecule has 2 aromatic heterocycles. The van der Waals surface area contributed by atoms with Crippen LogP contribution in [0.1, 0.15) is 55.2 Å². The lowest BCUT2D eigenvalue weighted by Gasteiger charge is -2.32. The summed E-state index contributed by atoms with van der Waals surface area (Å²) < 4.78 is 19.3. The molecule has 1 aliphatic carbocycles. The second kappa shape index (κ2) is 12.4. The number of furan rings is 1. The number of nitrogens with zero attached hydrogens (tertiary/aromatic N) is 5. The number of amides is 2. The molecule has 1 saturated carbocycles. The fourth-order valence-corrected chi connectivity index (χ4v) is 5.12. The number of aryl methyl sites for hydroxylation is 1. The first-order chi connectivity index (χ1) is 19.4. The Morgan fingerprint density at radius 3 is 2.55 bits per heavy atom. The molecular weight excluding hydrogens is 535 g/mol. The summed E-state index contributed by atoms with van der Waals surface area (Å²) in [6.07, 6.45) is 5.03. The van der Waals surface area contributed by atoms with Crippen LogP contribution in [0, 0.1) is 12.7 Å². The Balaban J connectivity index is 1.46. The van der Waals surface area contributed by atoms with E-state index >= 15 is 0 Å². The monoisotopic (exact) mass is 564 g/mol. The molecule has 0 bridgehead atoms. The SMILES string of the molecule is Cc1ccc([C@H](C(=O)NC2CCCCC2)N(Cc2ccccc2Cl)C(=O)Cn2nnc(-c3ccc(F)cc3)n2)o1. The first-order valence-electron chi connectivity index (χ1n) is 13.3. The van der Waals surface area contributed by atoms with Crippen molar-refractivity contribution in [3.8, 4) is 11.4 Å². The molecule has 0 saturated heterocycles. The number of benzene rings is 2. The van der Waals surface area contributed by atoms with Crippen molar-refractivity contribution in [1.29, 1.82) is 0 Å². The van der Waals surface area contributed by atoms with Crippen molar-refractivity contribution in [1.82, 2.24) is 30.4 Å². The third kappa shape index (κ3) is 6.56. The highest BCUT2D eigenvalue weighted by atomic mass is 35.5.